The van der Waals surface area contributed by atoms with Crippen molar-refractivity contribution in [3.8, 4) is 12.3 Å². The lowest BCUT2D eigenvalue weighted by molar-refractivity contribution is 0.0662. The standard InChI is InChI=1S/C14H23/c1-7-13(5)8-9-14(6,11(2)3)10-12(13)4/h1,11-12H,6,8-10H2,2-5H3/t12-,13?,14?/m0/s1. The Hall–Kier alpha value is -0.440. The van der Waals surface area contributed by atoms with Crippen LogP contribution < -0.4 is 0 Å². The molecule has 2 unspecified atom stereocenters. The van der Waals surface area contributed by atoms with Gasteiger partial charge in [-0.2, -0.15) is 0 Å². The van der Waals surface area contributed by atoms with Crippen LogP contribution in [0.4, 0.5) is 0 Å². The molecular formula is C14H23. The number of rotatable bonds is 1. The molecule has 1 rings (SSSR count). The van der Waals surface area contributed by atoms with Gasteiger partial charge in [0, 0.05) is 5.41 Å². The largest absolute Gasteiger partial charge is 0.120 e. The SMILES string of the molecule is C#CC1(C)CCC([CH2])(C(C)C)C[C@@H]1C. The van der Waals surface area contributed by atoms with Gasteiger partial charge in [-0.05, 0) is 50.4 Å². The first kappa shape index (κ1) is 11.6. The third kappa shape index (κ3) is 1.83. The molecule has 0 saturated heterocycles. The number of hydrogen-bond donors (Lipinski definition) is 0. The molecule has 0 aromatic carbocycles. The summed E-state index contributed by atoms with van der Waals surface area (Å²) in [6, 6.07) is 0. The molecule has 0 aromatic heterocycles. The van der Waals surface area contributed by atoms with Gasteiger partial charge in [0.15, 0.2) is 0 Å². The Morgan fingerprint density at radius 3 is 2.36 bits per heavy atom. The second kappa shape index (κ2) is 3.61. The van der Waals surface area contributed by atoms with Crippen LogP contribution in [0.3, 0.4) is 0 Å². The van der Waals surface area contributed by atoms with E-state index in [-0.39, 0.29) is 10.8 Å². The first-order chi connectivity index (χ1) is 6.34. The maximum atomic E-state index is 5.62. The van der Waals surface area contributed by atoms with Gasteiger partial charge in [-0.15, -0.1) is 6.42 Å². The highest BCUT2D eigenvalue weighted by atomic mass is 14.5. The number of hydrogen-bond acceptors (Lipinski definition) is 0. The highest BCUT2D eigenvalue weighted by Gasteiger charge is 2.42. The maximum Gasteiger partial charge on any atom is 0.0309 e. The fourth-order valence-corrected chi connectivity index (χ4v) is 2.43. The molecule has 79 valence electrons. The van der Waals surface area contributed by atoms with Crippen LogP contribution in [0.25, 0.3) is 0 Å². The molecule has 14 heavy (non-hydrogen) atoms. The van der Waals surface area contributed by atoms with Gasteiger partial charge in [0.1, 0.15) is 0 Å². The summed E-state index contributed by atoms with van der Waals surface area (Å²) in [4.78, 5) is 0. The normalized spacial score (nSPS) is 43.6. The second-order valence-electron chi connectivity index (χ2n) is 5.68. The van der Waals surface area contributed by atoms with Crippen molar-refractivity contribution >= 4 is 0 Å². The lowest BCUT2D eigenvalue weighted by Crippen LogP contribution is -2.39. The summed E-state index contributed by atoms with van der Waals surface area (Å²) in [5, 5.41) is 0. The molecular weight excluding hydrogens is 168 g/mol. The van der Waals surface area contributed by atoms with Crippen molar-refractivity contribution in [2.75, 3.05) is 0 Å². The van der Waals surface area contributed by atoms with Crippen LogP contribution in [0, 0.1) is 41.9 Å². The van der Waals surface area contributed by atoms with Gasteiger partial charge in [0.05, 0.1) is 0 Å². The first-order valence-corrected chi connectivity index (χ1v) is 5.67. The molecule has 1 saturated carbocycles. The summed E-state index contributed by atoms with van der Waals surface area (Å²) >= 11 is 0. The lowest BCUT2D eigenvalue weighted by atomic mass is 9.57. The van der Waals surface area contributed by atoms with Crippen LogP contribution in [-0.2, 0) is 0 Å². The van der Waals surface area contributed by atoms with Gasteiger partial charge in [-0.25, -0.2) is 0 Å². The summed E-state index contributed by atoms with van der Waals surface area (Å²) in [6.45, 7) is 13.5. The van der Waals surface area contributed by atoms with Gasteiger partial charge in [-0.1, -0.05) is 26.7 Å². The van der Waals surface area contributed by atoms with Crippen molar-refractivity contribution < 1.29 is 0 Å². The van der Waals surface area contributed by atoms with Crippen molar-refractivity contribution in [1.29, 1.82) is 0 Å². The molecule has 0 aromatic rings. The van der Waals surface area contributed by atoms with Gasteiger partial charge in [0.2, 0.25) is 0 Å². The Kier molecular flexibility index (Phi) is 3.00. The Morgan fingerprint density at radius 2 is 2.00 bits per heavy atom. The highest BCUT2D eigenvalue weighted by molar-refractivity contribution is 5.10. The maximum absolute atomic E-state index is 5.62. The fraction of sp³-hybridized carbons (Fsp3) is 0.786. The third-order valence-electron chi connectivity index (χ3n) is 4.50. The van der Waals surface area contributed by atoms with Crippen LogP contribution in [0.1, 0.15) is 47.0 Å². The van der Waals surface area contributed by atoms with E-state index in [4.69, 9.17) is 6.42 Å². The molecule has 1 aliphatic rings. The zero-order chi connectivity index (χ0) is 11.0. The summed E-state index contributed by atoms with van der Waals surface area (Å²) in [6.07, 6.45) is 9.10. The van der Waals surface area contributed by atoms with Crippen molar-refractivity contribution in [1.82, 2.24) is 0 Å². The zero-order valence-electron chi connectivity index (χ0n) is 10.1. The second-order valence-corrected chi connectivity index (χ2v) is 5.68. The Balaban J connectivity index is 2.79. The predicted molar refractivity (Wildman–Crippen MR) is 62.6 cm³/mol. The molecule has 0 spiro atoms. The van der Waals surface area contributed by atoms with Gasteiger partial charge in [-0.3, -0.25) is 0 Å². The van der Waals surface area contributed by atoms with Crippen LogP contribution in [0.15, 0.2) is 0 Å². The molecule has 0 nitrogen and oxygen atoms in total. The van der Waals surface area contributed by atoms with Crippen LogP contribution in [0.5, 0.6) is 0 Å². The molecule has 3 atom stereocenters. The van der Waals surface area contributed by atoms with E-state index in [0.717, 1.165) is 6.42 Å². The van der Waals surface area contributed by atoms with Gasteiger partial charge in [0.25, 0.3) is 0 Å². The quantitative estimate of drug-likeness (QED) is 0.551. The molecule has 1 aliphatic carbocycles. The first-order valence-electron chi connectivity index (χ1n) is 5.67. The minimum Gasteiger partial charge on any atom is -0.120 e. The van der Waals surface area contributed by atoms with Crippen LogP contribution >= 0.6 is 0 Å². The van der Waals surface area contributed by atoms with E-state index in [2.05, 4.69) is 40.5 Å². The molecule has 0 heterocycles. The lowest BCUT2D eigenvalue weighted by Gasteiger charge is -2.47. The zero-order valence-corrected chi connectivity index (χ0v) is 10.1. The number of terminal acetylenes is 1. The molecule has 0 bridgehead atoms. The molecule has 0 amide bonds. The predicted octanol–water partition coefficient (Wildman–Crippen LogP) is 3.92. The van der Waals surface area contributed by atoms with Gasteiger partial charge < -0.3 is 0 Å². The monoisotopic (exact) mass is 191 g/mol. The van der Waals surface area contributed by atoms with E-state index in [1.165, 1.54) is 12.8 Å². The van der Waals surface area contributed by atoms with Crippen molar-refractivity contribution in [2.24, 2.45) is 22.7 Å². The van der Waals surface area contributed by atoms with Crippen molar-refractivity contribution in [3.05, 3.63) is 6.92 Å². The van der Waals surface area contributed by atoms with E-state index >= 15 is 0 Å². The smallest absolute Gasteiger partial charge is 0.0309 e. The Morgan fingerprint density at radius 1 is 1.43 bits per heavy atom. The molecule has 0 N–H and O–H groups in total. The third-order valence-corrected chi connectivity index (χ3v) is 4.50. The average molecular weight is 191 g/mol. The van der Waals surface area contributed by atoms with Crippen molar-refractivity contribution in [3.63, 3.8) is 0 Å². The highest BCUT2D eigenvalue weighted by Crippen LogP contribution is 2.51. The molecule has 1 fully saturated rings. The topological polar surface area (TPSA) is 0 Å². The van der Waals surface area contributed by atoms with Crippen LogP contribution in [0.2, 0.25) is 0 Å². The van der Waals surface area contributed by atoms with E-state index in [9.17, 15) is 0 Å². The minimum absolute atomic E-state index is 0.107. The summed E-state index contributed by atoms with van der Waals surface area (Å²) in [5.74, 6) is 4.24. The van der Waals surface area contributed by atoms with E-state index in [1.807, 2.05) is 0 Å². The molecule has 0 aliphatic heterocycles. The summed E-state index contributed by atoms with van der Waals surface area (Å²) in [7, 11) is 0. The summed E-state index contributed by atoms with van der Waals surface area (Å²) in [5.41, 5.74) is 0.367. The molecule has 1 radical (unpaired) electrons. The van der Waals surface area contributed by atoms with E-state index < -0.39 is 0 Å². The van der Waals surface area contributed by atoms with E-state index in [0.29, 0.717) is 11.8 Å². The van der Waals surface area contributed by atoms with Crippen molar-refractivity contribution in [2.45, 2.75) is 47.0 Å². The van der Waals surface area contributed by atoms with E-state index in [1.54, 1.807) is 0 Å². The fourth-order valence-electron chi connectivity index (χ4n) is 2.43. The summed E-state index contributed by atoms with van der Waals surface area (Å²) < 4.78 is 0. The Bertz CT molecular complexity index is 245. The average Bonchev–Trinajstić information content (AvgIpc) is 2.12. The van der Waals surface area contributed by atoms with Crippen LogP contribution in [-0.4, -0.2) is 0 Å². The molecule has 0 heteroatoms. The van der Waals surface area contributed by atoms with Gasteiger partial charge >= 0.3 is 0 Å². The minimum atomic E-state index is 0.107. The Labute approximate surface area is 89.5 Å².